The number of aliphatic carboxylic acids is 1. The first-order chi connectivity index (χ1) is 9.18. The second-order valence-electron chi connectivity index (χ2n) is 4.61. The second kappa shape index (κ2) is 6.22. The first kappa shape index (κ1) is 13.4. The number of carboxylic acids is 1. The van der Waals surface area contributed by atoms with E-state index >= 15 is 0 Å². The van der Waals surface area contributed by atoms with E-state index in [4.69, 9.17) is 5.11 Å². The van der Waals surface area contributed by atoms with Gasteiger partial charge in [-0.25, -0.2) is 4.79 Å². The minimum atomic E-state index is -0.893. The molecule has 1 N–H and O–H groups in total. The Morgan fingerprint density at radius 1 is 1.16 bits per heavy atom. The molecule has 102 valence electrons. The van der Waals surface area contributed by atoms with Crippen LogP contribution in [0.4, 0.5) is 10.5 Å². The van der Waals surface area contributed by atoms with Gasteiger partial charge in [0, 0.05) is 25.3 Å². The number of para-hydroxylation sites is 1. The van der Waals surface area contributed by atoms with Crippen LogP contribution in [0.2, 0.25) is 0 Å². The van der Waals surface area contributed by atoms with Crippen LogP contribution in [-0.2, 0) is 4.79 Å². The Balaban J connectivity index is 2.13. The number of benzene rings is 1. The van der Waals surface area contributed by atoms with Crippen LogP contribution in [0.5, 0.6) is 0 Å². The van der Waals surface area contributed by atoms with Crippen LogP contribution in [-0.4, -0.2) is 41.6 Å². The molecular weight excluding hydrogens is 244 g/mol. The quantitative estimate of drug-likeness (QED) is 0.904. The predicted octanol–water partition coefficient (Wildman–Crippen LogP) is 2.18. The molecule has 1 aromatic carbocycles. The van der Waals surface area contributed by atoms with Crippen molar-refractivity contribution in [3.63, 3.8) is 0 Å². The van der Waals surface area contributed by atoms with Crippen molar-refractivity contribution >= 4 is 17.7 Å². The molecule has 1 aliphatic rings. The number of likely N-dealkylation sites (tertiary alicyclic amines) is 1. The van der Waals surface area contributed by atoms with E-state index in [9.17, 15) is 9.59 Å². The summed E-state index contributed by atoms with van der Waals surface area (Å²) in [4.78, 5) is 26.5. The fraction of sp³-hybridized carbons (Fsp3) is 0.429. The topological polar surface area (TPSA) is 60.9 Å². The largest absolute Gasteiger partial charge is 0.481 e. The normalized spacial score (nSPS) is 14.4. The Morgan fingerprint density at radius 2 is 1.79 bits per heavy atom. The molecule has 1 saturated heterocycles. The van der Waals surface area contributed by atoms with Gasteiger partial charge >= 0.3 is 12.0 Å². The van der Waals surface area contributed by atoms with E-state index in [0.717, 1.165) is 31.6 Å². The Hall–Kier alpha value is -2.04. The van der Waals surface area contributed by atoms with E-state index in [1.165, 1.54) is 0 Å². The zero-order chi connectivity index (χ0) is 13.7. The molecule has 0 spiro atoms. The molecule has 0 saturated carbocycles. The van der Waals surface area contributed by atoms with Crippen molar-refractivity contribution in [3.05, 3.63) is 30.3 Å². The first-order valence-electron chi connectivity index (χ1n) is 6.52. The van der Waals surface area contributed by atoms with Gasteiger partial charge in [-0.3, -0.25) is 9.69 Å². The maximum Gasteiger partial charge on any atom is 0.324 e. The number of hydrogen-bond donors (Lipinski definition) is 1. The minimum Gasteiger partial charge on any atom is -0.481 e. The van der Waals surface area contributed by atoms with Crippen LogP contribution in [0, 0.1) is 0 Å². The number of nitrogens with zero attached hydrogens (tertiary/aromatic N) is 2. The van der Waals surface area contributed by atoms with Crippen molar-refractivity contribution in [2.24, 2.45) is 0 Å². The highest BCUT2D eigenvalue weighted by Gasteiger charge is 2.24. The van der Waals surface area contributed by atoms with Gasteiger partial charge in [0.25, 0.3) is 0 Å². The van der Waals surface area contributed by atoms with E-state index in [1.54, 1.807) is 9.80 Å². The van der Waals surface area contributed by atoms with Crippen LogP contribution in [0.25, 0.3) is 0 Å². The molecule has 0 atom stereocenters. The summed E-state index contributed by atoms with van der Waals surface area (Å²) < 4.78 is 0. The number of rotatable bonds is 4. The van der Waals surface area contributed by atoms with Gasteiger partial charge in [0.05, 0.1) is 6.42 Å². The summed E-state index contributed by atoms with van der Waals surface area (Å²) in [7, 11) is 0. The van der Waals surface area contributed by atoms with Gasteiger partial charge in [-0.05, 0) is 25.0 Å². The maximum absolute atomic E-state index is 12.4. The first-order valence-corrected chi connectivity index (χ1v) is 6.52. The zero-order valence-corrected chi connectivity index (χ0v) is 10.8. The summed E-state index contributed by atoms with van der Waals surface area (Å²) in [6.07, 6.45) is 2.00. The van der Waals surface area contributed by atoms with Crippen LogP contribution in [0.15, 0.2) is 30.3 Å². The number of urea groups is 1. The lowest BCUT2D eigenvalue weighted by Crippen LogP contribution is -2.42. The van der Waals surface area contributed by atoms with Crippen LogP contribution in [0.3, 0.4) is 0 Å². The standard InChI is InChI=1S/C14H18N2O3/c17-13(18)8-11-16(12-6-2-1-3-7-12)14(19)15-9-4-5-10-15/h1-3,6-7H,4-5,8-11H2,(H,17,18). The summed E-state index contributed by atoms with van der Waals surface area (Å²) in [5.41, 5.74) is 0.751. The van der Waals surface area contributed by atoms with E-state index in [2.05, 4.69) is 0 Å². The van der Waals surface area contributed by atoms with Crippen molar-refractivity contribution < 1.29 is 14.7 Å². The van der Waals surface area contributed by atoms with Gasteiger partial charge in [0.1, 0.15) is 0 Å². The van der Waals surface area contributed by atoms with Gasteiger partial charge in [-0.2, -0.15) is 0 Å². The zero-order valence-electron chi connectivity index (χ0n) is 10.8. The van der Waals surface area contributed by atoms with Crippen molar-refractivity contribution in [1.29, 1.82) is 0 Å². The Kier molecular flexibility index (Phi) is 4.39. The molecule has 2 rings (SSSR count). The van der Waals surface area contributed by atoms with Gasteiger partial charge in [0.2, 0.25) is 0 Å². The van der Waals surface area contributed by atoms with Gasteiger partial charge in [0.15, 0.2) is 0 Å². The van der Waals surface area contributed by atoms with Crippen LogP contribution in [0.1, 0.15) is 19.3 Å². The lowest BCUT2D eigenvalue weighted by Gasteiger charge is -2.27. The molecule has 1 aromatic rings. The van der Waals surface area contributed by atoms with E-state index in [1.807, 2.05) is 30.3 Å². The summed E-state index contributed by atoms with van der Waals surface area (Å²) >= 11 is 0. The number of carboxylic acid groups (broad SMARTS) is 1. The van der Waals surface area contributed by atoms with Crippen LogP contribution < -0.4 is 4.90 Å². The highest BCUT2D eigenvalue weighted by Crippen LogP contribution is 2.18. The third kappa shape index (κ3) is 3.47. The highest BCUT2D eigenvalue weighted by atomic mass is 16.4. The summed E-state index contributed by atoms with van der Waals surface area (Å²) in [5, 5.41) is 8.80. The molecular formula is C14H18N2O3. The smallest absolute Gasteiger partial charge is 0.324 e. The van der Waals surface area contributed by atoms with E-state index in [0.29, 0.717) is 0 Å². The molecule has 0 aliphatic carbocycles. The average molecular weight is 262 g/mol. The van der Waals surface area contributed by atoms with Gasteiger partial charge in [-0.1, -0.05) is 18.2 Å². The summed E-state index contributed by atoms with van der Waals surface area (Å²) in [6, 6.07) is 9.14. The maximum atomic E-state index is 12.4. The molecule has 5 nitrogen and oxygen atoms in total. The third-order valence-corrected chi connectivity index (χ3v) is 3.22. The Bertz CT molecular complexity index is 441. The lowest BCUT2D eigenvalue weighted by molar-refractivity contribution is -0.136. The molecule has 0 bridgehead atoms. The molecule has 1 aliphatic heterocycles. The SMILES string of the molecule is O=C(O)CCN(C(=O)N1CCCC1)c1ccccc1. The number of amides is 2. The van der Waals surface area contributed by atoms with Crippen molar-refractivity contribution in [2.75, 3.05) is 24.5 Å². The molecule has 19 heavy (non-hydrogen) atoms. The number of hydrogen-bond acceptors (Lipinski definition) is 2. The minimum absolute atomic E-state index is 0.0471. The van der Waals surface area contributed by atoms with Crippen molar-refractivity contribution in [1.82, 2.24) is 4.90 Å². The Labute approximate surface area is 112 Å². The van der Waals surface area contributed by atoms with Crippen molar-refractivity contribution in [3.8, 4) is 0 Å². The molecule has 0 aromatic heterocycles. The lowest BCUT2D eigenvalue weighted by atomic mass is 10.2. The molecule has 1 heterocycles. The molecule has 0 unspecified atom stereocenters. The van der Waals surface area contributed by atoms with E-state index in [-0.39, 0.29) is 19.0 Å². The fourth-order valence-electron chi connectivity index (χ4n) is 2.23. The summed E-state index contributed by atoms with van der Waals surface area (Å²) in [5.74, 6) is -0.893. The molecule has 0 radical (unpaired) electrons. The highest BCUT2D eigenvalue weighted by molar-refractivity contribution is 5.92. The molecule has 1 fully saturated rings. The number of anilines is 1. The third-order valence-electron chi connectivity index (χ3n) is 3.22. The Morgan fingerprint density at radius 3 is 2.37 bits per heavy atom. The van der Waals surface area contributed by atoms with Crippen LogP contribution >= 0.6 is 0 Å². The van der Waals surface area contributed by atoms with Gasteiger partial charge in [-0.15, -0.1) is 0 Å². The molecule has 2 amide bonds. The monoisotopic (exact) mass is 262 g/mol. The predicted molar refractivity (Wildman–Crippen MR) is 72.2 cm³/mol. The fourth-order valence-corrected chi connectivity index (χ4v) is 2.23. The number of carbonyl (C=O) groups excluding carboxylic acids is 1. The second-order valence-corrected chi connectivity index (χ2v) is 4.61. The van der Waals surface area contributed by atoms with Gasteiger partial charge < -0.3 is 10.0 Å². The summed E-state index contributed by atoms with van der Waals surface area (Å²) in [6.45, 7) is 1.72. The number of carbonyl (C=O) groups is 2. The molecule has 5 heteroatoms. The van der Waals surface area contributed by atoms with Crippen molar-refractivity contribution in [2.45, 2.75) is 19.3 Å². The van der Waals surface area contributed by atoms with E-state index < -0.39 is 5.97 Å². The average Bonchev–Trinajstić information content (AvgIpc) is 2.93.